The third-order valence-electron chi connectivity index (χ3n) is 5.71. The lowest BCUT2D eigenvalue weighted by molar-refractivity contribution is 0.287. The van der Waals surface area contributed by atoms with E-state index in [0.29, 0.717) is 0 Å². The maximum Gasteiger partial charge on any atom is 0.261 e. The highest BCUT2D eigenvalue weighted by Gasteiger charge is 2.49. The van der Waals surface area contributed by atoms with E-state index in [4.69, 9.17) is 4.43 Å². The minimum atomic E-state index is -2.37. The van der Waals surface area contributed by atoms with E-state index in [-0.39, 0.29) is 5.04 Å². The zero-order chi connectivity index (χ0) is 21.7. The molecule has 0 saturated heterocycles. The second-order valence-electron chi connectivity index (χ2n) is 9.13. The first kappa shape index (κ1) is 24.4. The summed E-state index contributed by atoms with van der Waals surface area (Å²) in [5, 5.41) is 2.78. The Hall–Kier alpha value is -1.82. The van der Waals surface area contributed by atoms with Crippen LogP contribution in [0.3, 0.4) is 0 Å². The Kier molecular flexibility index (Phi) is 10.4. The second kappa shape index (κ2) is 12.8. The summed E-state index contributed by atoms with van der Waals surface area (Å²) < 4.78 is 6.94. The highest BCUT2D eigenvalue weighted by Crippen LogP contribution is 2.36. The Morgan fingerprint density at radius 1 is 0.700 bits per heavy atom. The monoisotopic (exact) mass is 420 g/mol. The number of hydrogen-bond acceptors (Lipinski definition) is 1. The fraction of sp³-hybridized carbons (Fsp3) is 0.500. The van der Waals surface area contributed by atoms with E-state index in [2.05, 4.69) is 100 Å². The molecule has 30 heavy (non-hydrogen) atoms. The molecule has 0 bridgehead atoms. The molecule has 0 saturated carbocycles. The molecule has 0 aromatic heterocycles. The minimum Gasteiger partial charge on any atom is -0.407 e. The van der Waals surface area contributed by atoms with Crippen LogP contribution >= 0.6 is 0 Å². The summed E-state index contributed by atoms with van der Waals surface area (Å²) in [6.07, 6.45) is 9.35. The van der Waals surface area contributed by atoms with Crippen molar-refractivity contribution in [3.05, 3.63) is 60.7 Å². The molecule has 0 atom stereocenters. The van der Waals surface area contributed by atoms with Crippen molar-refractivity contribution in [1.29, 1.82) is 0 Å². The Labute approximate surface area is 186 Å². The van der Waals surface area contributed by atoms with Crippen LogP contribution in [0.1, 0.15) is 79.1 Å². The zero-order valence-electron chi connectivity index (χ0n) is 19.5. The molecule has 162 valence electrons. The smallest absolute Gasteiger partial charge is 0.261 e. The average Bonchev–Trinajstić information content (AvgIpc) is 2.75. The Morgan fingerprint density at radius 2 is 1.20 bits per heavy atom. The van der Waals surface area contributed by atoms with Crippen LogP contribution in [-0.2, 0) is 4.43 Å². The third kappa shape index (κ3) is 6.86. The van der Waals surface area contributed by atoms with Crippen LogP contribution < -0.4 is 10.4 Å². The maximum absolute atomic E-state index is 6.94. The van der Waals surface area contributed by atoms with Crippen molar-refractivity contribution < 1.29 is 4.43 Å². The van der Waals surface area contributed by atoms with E-state index in [9.17, 15) is 0 Å². The minimum absolute atomic E-state index is 0.0552. The predicted molar refractivity (Wildman–Crippen MR) is 134 cm³/mol. The van der Waals surface area contributed by atoms with Gasteiger partial charge in [0.05, 0.1) is 0 Å². The van der Waals surface area contributed by atoms with Gasteiger partial charge < -0.3 is 4.43 Å². The van der Waals surface area contributed by atoms with Crippen molar-refractivity contribution in [3.8, 4) is 11.8 Å². The summed E-state index contributed by atoms with van der Waals surface area (Å²) in [6.45, 7) is 10.1. The molecule has 0 heterocycles. The van der Waals surface area contributed by atoms with E-state index >= 15 is 0 Å². The highest BCUT2D eigenvalue weighted by molar-refractivity contribution is 6.99. The van der Waals surface area contributed by atoms with Gasteiger partial charge in [-0.2, -0.15) is 0 Å². The Morgan fingerprint density at radius 3 is 1.67 bits per heavy atom. The standard InChI is InChI=1S/C28H40OSi/c1-5-6-7-8-9-10-11-12-13-20-25-29-30(28(2,3)4,26-21-16-14-17-22-26)27-23-18-15-19-24-27/h14-19,21-24H,5-8,11-13,20,25H2,1-4H3. The summed E-state index contributed by atoms with van der Waals surface area (Å²) in [6, 6.07) is 21.8. The van der Waals surface area contributed by atoms with E-state index in [1.165, 1.54) is 42.5 Å². The van der Waals surface area contributed by atoms with Gasteiger partial charge in [-0.15, -0.1) is 11.8 Å². The van der Waals surface area contributed by atoms with Gasteiger partial charge in [-0.05, 0) is 34.7 Å². The van der Waals surface area contributed by atoms with Crippen LogP contribution in [0.4, 0.5) is 0 Å². The van der Waals surface area contributed by atoms with Gasteiger partial charge in [0.15, 0.2) is 0 Å². The lowest BCUT2D eigenvalue weighted by Gasteiger charge is -2.43. The molecule has 2 aromatic carbocycles. The zero-order valence-corrected chi connectivity index (χ0v) is 20.5. The van der Waals surface area contributed by atoms with Gasteiger partial charge in [0, 0.05) is 19.4 Å². The van der Waals surface area contributed by atoms with E-state index < -0.39 is 8.32 Å². The Bertz CT molecular complexity index is 726. The largest absolute Gasteiger partial charge is 0.407 e. The van der Waals surface area contributed by atoms with Crippen molar-refractivity contribution in [2.75, 3.05) is 6.61 Å². The molecule has 0 radical (unpaired) electrons. The highest BCUT2D eigenvalue weighted by atomic mass is 28.4. The van der Waals surface area contributed by atoms with Gasteiger partial charge in [0.2, 0.25) is 0 Å². The molecule has 2 heteroatoms. The first-order valence-corrected chi connectivity index (χ1v) is 13.6. The summed E-state index contributed by atoms with van der Waals surface area (Å²) in [5.74, 6) is 6.67. The fourth-order valence-electron chi connectivity index (χ4n) is 4.12. The normalized spacial score (nSPS) is 11.7. The van der Waals surface area contributed by atoms with Crippen molar-refractivity contribution in [1.82, 2.24) is 0 Å². The number of hydrogen-bond donors (Lipinski definition) is 0. The third-order valence-corrected chi connectivity index (χ3v) is 10.8. The van der Waals surface area contributed by atoms with E-state index in [1.807, 2.05) is 0 Å². The fourth-order valence-corrected chi connectivity index (χ4v) is 8.73. The second-order valence-corrected chi connectivity index (χ2v) is 13.4. The lowest BCUT2D eigenvalue weighted by atomic mass is 10.2. The molecule has 0 aliphatic heterocycles. The topological polar surface area (TPSA) is 9.23 Å². The molecule has 0 fully saturated rings. The van der Waals surface area contributed by atoms with Crippen molar-refractivity contribution >= 4 is 18.7 Å². The molecule has 2 rings (SSSR count). The first-order valence-electron chi connectivity index (χ1n) is 11.7. The SMILES string of the molecule is CCCCCC#CCCCCCO[Si](c1ccccc1)(c1ccccc1)C(C)(C)C. The predicted octanol–water partition coefficient (Wildman–Crippen LogP) is 6.71. The molecular formula is C28H40OSi. The van der Waals surface area contributed by atoms with E-state index in [0.717, 1.165) is 25.9 Å². The lowest BCUT2D eigenvalue weighted by Crippen LogP contribution is -2.66. The molecular weight excluding hydrogens is 380 g/mol. The molecule has 0 aliphatic rings. The summed E-state index contributed by atoms with van der Waals surface area (Å²) in [5.41, 5.74) is 0. The molecule has 2 aromatic rings. The van der Waals surface area contributed by atoms with Crippen LogP contribution in [0.15, 0.2) is 60.7 Å². The molecule has 0 spiro atoms. The van der Waals surface area contributed by atoms with Crippen molar-refractivity contribution in [3.63, 3.8) is 0 Å². The first-order chi connectivity index (χ1) is 14.5. The number of rotatable bonds is 11. The van der Waals surface area contributed by atoms with Gasteiger partial charge in [0.25, 0.3) is 8.32 Å². The number of unbranched alkanes of at least 4 members (excludes halogenated alkanes) is 6. The van der Waals surface area contributed by atoms with Gasteiger partial charge >= 0.3 is 0 Å². The summed E-state index contributed by atoms with van der Waals surface area (Å²) in [4.78, 5) is 0. The van der Waals surface area contributed by atoms with Crippen LogP contribution in [0.5, 0.6) is 0 Å². The van der Waals surface area contributed by atoms with Crippen molar-refractivity contribution in [2.45, 2.75) is 84.1 Å². The van der Waals surface area contributed by atoms with Gasteiger partial charge in [-0.3, -0.25) is 0 Å². The van der Waals surface area contributed by atoms with Gasteiger partial charge in [-0.25, -0.2) is 0 Å². The number of benzene rings is 2. The van der Waals surface area contributed by atoms with Crippen LogP contribution in [0.25, 0.3) is 0 Å². The van der Waals surface area contributed by atoms with E-state index in [1.54, 1.807) is 0 Å². The van der Waals surface area contributed by atoms with Gasteiger partial charge in [0.1, 0.15) is 0 Å². The Balaban J connectivity index is 2.00. The molecule has 0 aliphatic carbocycles. The van der Waals surface area contributed by atoms with Crippen LogP contribution in [0.2, 0.25) is 5.04 Å². The van der Waals surface area contributed by atoms with Crippen LogP contribution in [-0.4, -0.2) is 14.9 Å². The summed E-state index contributed by atoms with van der Waals surface area (Å²) >= 11 is 0. The molecule has 0 amide bonds. The maximum atomic E-state index is 6.94. The molecule has 0 N–H and O–H groups in total. The molecule has 0 unspecified atom stereocenters. The van der Waals surface area contributed by atoms with Crippen LogP contribution in [0, 0.1) is 11.8 Å². The average molecular weight is 421 g/mol. The van der Waals surface area contributed by atoms with Gasteiger partial charge in [-0.1, -0.05) is 108 Å². The van der Waals surface area contributed by atoms with Crippen molar-refractivity contribution in [2.24, 2.45) is 0 Å². The molecule has 1 nitrogen and oxygen atoms in total. The quantitative estimate of drug-likeness (QED) is 0.223. The summed E-state index contributed by atoms with van der Waals surface area (Å²) in [7, 11) is -2.37.